The molecule has 0 saturated carbocycles. The molecular formula is C13H18F4O2. The Hall–Kier alpha value is -1.46. The molecule has 0 radical (unpaired) electrons. The molecular weight excluding hydrogens is 264 g/mol. The molecule has 110 valence electrons. The molecule has 0 N–H and O–H groups in total. The average molecular weight is 282 g/mol. The summed E-state index contributed by atoms with van der Waals surface area (Å²) in [5, 5.41) is 0. The lowest BCUT2D eigenvalue weighted by atomic mass is 10.2. The van der Waals surface area contributed by atoms with Gasteiger partial charge in [0.25, 0.3) is 0 Å². The summed E-state index contributed by atoms with van der Waals surface area (Å²) in [7, 11) is 1.30. The van der Waals surface area contributed by atoms with Gasteiger partial charge in [0.2, 0.25) is 0 Å². The molecule has 0 saturated heterocycles. The summed E-state index contributed by atoms with van der Waals surface area (Å²) < 4.78 is 58.7. The van der Waals surface area contributed by atoms with E-state index < -0.39 is 25.0 Å². The number of benzene rings is 1. The quantitative estimate of drug-likeness (QED) is 0.757. The molecule has 0 heterocycles. The first-order chi connectivity index (χ1) is 8.83. The molecule has 19 heavy (non-hydrogen) atoms. The lowest BCUT2D eigenvalue weighted by Gasteiger charge is -2.13. The fourth-order valence-corrected chi connectivity index (χ4v) is 1.26. The first kappa shape index (κ1) is 17.5. The first-order valence-electron chi connectivity index (χ1n) is 5.87. The predicted molar refractivity (Wildman–Crippen MR) is 65.2 cm³/mol. The second kappa shape index (κ2) is 7.86. The molecule has 0 unspecified atom stereocenters. The van der Waals surface area contributed by atoms with E-state index in [9.17, 15) is 17.6 Å². The molecule has 1 aromatic rings. The van der Waals surface area contributed by atoms with Crippen LogP contribution in [0.1, 0.15) is 25.8 Å². The summed E-state index contributed by atoms with van der Waals surface area (Å²) in [5.41, 5.74) is 0.600. The number of halogens is 4. The summed E-state index contributed by atoms with van der Waals surface area (Å²) in [6, 6.07) is 2.66. The van der Waals surface area contributed by atoms with Crippen molar-refractivity contribution in [2.24, 2.45) is 0 Å². The second-order valence-electron chi connectivity index (χ2n) is 3.49. The van der Waals surface area contributed by atoms with Crippen molar-refractivity contribution < 1.29 is 27.0 Å². The molecule has 0 aliphatic rings. The fourth-order valence-electron chi connectivity index (χ4n) is 1.26. The summed E-state index contributed by atoms with van der Waals surface area (Å²) in [6.45, 7) is 5.00. The summed E-state index contributed by atoms with van der Waals surface area (Å²) in [5.74, 6) is -0.934. The van der Waals surface area contributed by atoms with Crippen LogP contribution in [0, 0.1) is 12.7 Å². The third-order valence-corrected chi connectivity index (χ3v) is 2.01. The SMILES string of the molecule is CC.COc1cc(C)cc(F)c1OCCC(F)(F)F. The predicted octanol–water partition coefficient (Wildman–Crippen LogP) is 4.50. The van der Waals surface area contributed by atoms with Crippen LogP contribution in [0.4, 0.5) is 17.6 Å². The summed E-state index contributed by atoms with van der Waals surface area (Å²) in [6.07, 6.45) is -5.46. The van der Waals surface area contributed by atoms with Crippen LogP contribution in [0.3, 0.4) is 0 Å². The summed E-state index contributed by atoms with van der Waals surface area (Å²) >= 11 is 0. The third kappa shape index (κ3) is 6.31. The van der Waals surface area contributed by atoms with E-state index in [4.69, 9.17) is 9.47 Å². The van der Waals surface area contributed by atoms with Crippen LogP contribution >= 0.6 is 0 Å². The zero-order chi connectivity index (χ0) is 15.1. The van der Waals surface area contributed by atoms with Gasteiger partial charge in [-0.05, 0) is 24.6 Å². The van der Waals surface area contributed by atoms with Crippen LogP contribution in [0.15, 0.2) is 12.1 Å². The number of aryl methyl sites for hydroxylation is 1. The molecule has 1 rings (SSSR count). The molecule has 0 atom stereocenters. The number of hydrogen-bond acceptors (Lipinski definition) is 2. The topological polar surface area (TPSA) is 18.5 Å². The van der Waals surface area contributed by atoms with Gasteiger partial charge in [0.15, 0.2) is 17.3 Å². The van der Waals surface area contributed by atoms with Gasteiger partial charge in [0.1, 0.15) is 0 Å². The Labute approximate surface area is 110 Å². The Balaban J connectivity index is 0.00000154. The zero-order valence-corrected chi connectivity index (χ0v) is 11.4. The van der Waals surface area contributed by atoms with Crippen molar-refractivity contribution in [3.8, 4) is 11.5 Å². The van der Waals surface area contributed by atoms with Crippen molar-refractivity contribution in [1.29, 1.82) is 0 Å². The van der Waals surface area contributed by atoms with E-state index in [0.717, 1.165) is 0 Å². The number of alkyl halides is 3. The van der Waals surface area contributed by atoms with Gasteiger partial charge in [-0.15, -0.1) is 0 Å². The van der Waals surface area contributed by atoms with Crippen LogP contribution in [0.2, 0.25) is 0 Å². The normalized spacial score (nSPS) is 10.5. The van der Waals surface area contributed by atoms with Gasteiger partial charge in [-0.2, -0.15) is 13.2 Å². The smallest absolute Gasteiger partial charge is 0.392 e. The van der Waals surface area contributed by atoms with E-state index in [0.29, 0.717) is 5.56 Å². The minimum atomic E-state index is -4.32. The second-order valence-corrected chi connectivity index (χ2v) is 3.49. The van der Waals surface area contributed by atoms with Crippen LogP contribution < -0.4 is 9.47 Å². The highest BCUT2D eigenvalue weighted by Crippen LogP contribution is 2.32. The Morgan fingerprint density at radius 3 is 2.21 bits per heavy atom. The molecule has 0 aliphatic carbocycles. The minimum absolute atomic E-state index is 0.0877. The highest BCUT2D eigenvalue weighted by molar-refractivity contribution is 5.43. The number of hydrogen-bond donors (Lipinski definition) is 0. The van der Waals surface area contributed by atoms with Crippen molar-refractivity contribution in [2.45, 2.75) is 33.4 Å². The fraction of sp³-hybridized carbons (Fsp3) is 0.538. The van der Waals surface area contributed by atoms with Gasteiger partial charge in [-0.3, -0.25) is 0 Å². The van der Waals surface area contributed by atoms with Crippen LogP contribution in [-0.2, 0) is 0 Å². The van der Waals surface area contributed by atoms with Gasteiger partial charge < -0.3 is 9.47 Å². The third-order valence-electron chi connectivity index (χ3n) is 2.01. The maximum atomic E-state index is 13.4. The van der Waals surface area contributed by atoms with E-state index in [2.05, 4.69) is 0 Å². The maximum absolute atomic E-state index is 13.4. The summed E-state index contributed by atoms with van der Waals surface area (Å²) in [4.78, 5) is 0. The molecule has 0 bridgehead atoms. The van der Waals surface area contributed by atoms with Crippen molar-refractivity contribution in [3.63, 3.8) is 0 Å². The molecule has 6 heteroatoms. The van der Waals surface area contributed by atoms with Crippen LogP contribution in [0.25, 0.3) is 0 Å². The van der Waals surface area contributed by atoms with Gasteiger partial charge in [-0.25, -0.2) is 4.39 Å². The lowest BCUT2D eigenvalue weighted by Crippen LogP contribution is -2.13. The Morgan fingerprint density at radius 2 is 1.74 bits per heavy atom. The molecule has 1 aromatic carbocycles. The van der Waals surface area contributed by atoms with E-state index in [1.807, 2.05) is 13.8 Å². The van der Waals surface area contributed by atoms with Gasteiger partial charge in [-0.1, -0.05) is 13.8 Å². The lowest BCUT2D eigenvalue weighted by molar-refractivity contribution is -0.139. The Morgan fingerprint density at radius 1 is 1.16 bits per heavy atom. The van der Waals surface area contributed by atoms with Crippen LogP contribution in [0.5, 0.6) is 11.5 Å². The Kier molecular flexibility index (Phi) is 7.26. The molecule has 0 spiro atoms. The van der Waals surface area contributed by atoms with E-state index in [-0.39, 0.29) is 11.5 Å². The van der Waals surface area contributed by atoms with Crippen molar-refractivity contribution in [1.82, 2.24) is 0 Å². The van der Waals surface area contributed by atoms with Crippen LogP contribution in [-0.4, -0.2) is 19.9 Å². The standard InChI is InChI=1S/C11H12F4O2.C2H6/c1-7-5-8(12)10(9(6-7)16-2)17-4-3-11(13,14)15;1-2/h5-6H,3-4H2,1-2H3;1-2H3. The minimum Gasteiger partial charge on any atom is -0.493 e. The highest BCUT2D eigenvalue weighted by Gasteiger charge is 2.27. The van der Waals surface area contributed by atoms with Crippen molar-refractivity contribution in [2.75, 3.05) is 13.7 Å². The number of ether oxygens (including phenoxy) is 2. The highest BCUT2D eigenvalue weighted by atomic mass is 19.4. The number of methoxy groups -OCH3 is 1. The van der Waals surface area contributed by atoms with E-state index in [1.54, 1.807) is 6.92 Å². The number of rotatable bonds is 4. The largest absolute Gasteiger partial charge is 0.493 e. The maximum Gasteiger partial charge on any atom is 0.392 e. The van der Waals surface area contributed by atoms with E-state index in [1.165, 1.54) is 19.2 Å². The monoisotopic (exact) mass is 282 g/mol. The van der Waals surface area contributed by atoms with Gasteiger partial charge in [0, 0.05) is 0 Å². The van der Waals surface area contributed by atoms with Crippen molar-refractivity contribution >= 4 is 0 Å². The molecule has 2 nitrogen and oxygen atoms in total. The van der Waals surface area contributed by atoms with Gasteiger partial charge >= 0.3 is 6.18 Å². The molecule has 0 aliphatic heterocycles. The molecule has 0 fully saturated rings. The zero-order valence-electron chi connectivity index (χ0n) is 11.4. The van der Waals surface area contributed by atoms with E-state index >= 15 is 0 Å². The van der Waals surface area contributed by atoms with Crippen molar-refractivity contribution in [3.05, 3.63) is 23.5 Å². The molecule has 0 amide bonds. The average Bonchev–Trinajstić information content (AvgIpc) is 2.32. The Bertz CT molecular complexity index is 389. The first-order valence-corrected chi connectivity index (χ1v) is 5.87. The molecule has 0 aromatic heterocycles. The van der Waals surface area contributed by atoms with Gasteiger partial charge in [0.05, 0.1) is 20.1 Å².